The SMILES string of the molecule is CCOC(=O)O/N=C(\N=[N+]=[N-])c1ccccc1. The molecule has 0 fully saturated rings. The third-order valence-electron chi connectivity index (χ3n) is 1.64. The van der Waals surface area contributed by atoms with Gasteiger partial charge in [0.05, 0.1) is 6.61 Å². The van der Waals surface area contributed by atoms with Crippen LogP contribution in [0.1, 0.15) is 12.5 Å². The Kier molecular flexibility index (Phi) is 5.06. The van der Waals surface area contributed by atoms with E-state index in [-0.39, 0.29) is 12.4 Å². The highest BCUT2D eigenvalue weighted by Gasteiger charge is 2.05. The van der Waals surface area contributed by atoms with Gasteiger partial charge in [-0.2, -0.15) is 0 Å². The molecule has 1 rings (SSSR count). The predicted molar refractivity (Wildman–Crippen MR) is 60.2 cm³/mol. The van der Waals surface area contributed by atoms with Crippen LogP contribution in [0.4, 0.5) is 4.79 Å². The summed E-state index contributed by atoms with van der Waals surface area (Å²) in [5, 5.41) is 6.75. The maximum Gasteiger partial charge on any atom is 0.535 e. The van der Waals surface area contributed by atoms with Gasteiger partial charge in [0.25, 0.3) is 0 Å². The van der Waals surface area contributed by atoms with Gasteiger partial charge in [0.2, 0.25) is 0 Å². The average Bonchev–Trinajstić information content (AvgIpc) is 2.36. The van der Waals surface area contributed by atoms with Crippen LogP contribution >= 0.6 is 0 Å². The lowest BCUT2D eigenvalue weighted by atomic mass is 10.2. The second-order valence-electron chi connectivity index (χ2n) is 2.74. The van der Waals surface area contributed by atoms with E-state index in [1.165, 1.54) is 0 Å². The van der Waals surface area contributed by atoms with E-state index in [1.54, 1.807) is 37.3 Å². The minimum Gasteiger partial charge on any atom is -0.433 e. The summed E-state index contributed by atoms with van der Waals surface area (Å²) in [4.78, 5) is 17.9. The third kappa shape index (κ3) is 4.23. The van der Waals surface area contributed by atoms with Crippen molar-refractivity contribution >= 4 is 12.0 Å². The molecule has 0 unspecified atom stereocenters. The summed E-state index contributed by atoms with van der Waals surface area (Å²) in [5.74, 6) is -0.0406. The first-order valence-electron chi connectivity index (χ1n) is 4.80. The highest BCUT2D eigenvalue weighted by molar-refractivity contribution is 5.99. The van der Waals surface area contributed by atoms with E-state index in [0.717, 1.165) is 0 Å². The number of oxime groups is 1. The lowest BCUT2D eigenvalue weighted by Crippen LogP contribution is -2.05. The number of ether oxygens (including phenoxy) is 1. The van der Waals surface area contributed by atoms with Crippen LogP contribution in [0.2, 0.25) is 0 Å². The summed E-state index contributed by atoms with van der Waals surface area (Å²) in [6.45, 7) is 1.81. The third-order valence-corrected chi connectivity index (χ3v) is 1.64. The molecule has 0 aliphatic carbocycles. The van der Waals surface area contributed by atoms with Crippen molar-refractivity contribution in [2.45, 2.75) is 6.92 Å². The zero-order chi connectivity index (χ0) is 12.5. The summed E-state index contributed by atoms with van der Waals surface area (Å²) in [7, 11) is 0. The van der Waals surface area contributed by atoms with Crippen molar-refractivity contribution < 1.29 is 14.4 Å². The van der Waals surface area contributed by atoms with Crippen molar-refractivity contribution in [3.8, 4) is 0 Å². The Morgan fingerprint density at radius 2 is 2.12 bits per heavy atom. The molecule has 0 amide bonds. The van der Waals surface area contributed by atoms with Crippen LogP contribution in [0.3, 0.4) is 0 Å². The molecule has 0 radical (unpaired) electrons. The van der Waals surface area contributed by atoms with Gasteiger partial charge < -0.3 is 4.74 Å². The molecule has 7 nitrogen and oxygen atoms in total. The van der Waals surface area contributed by atoms with Crippen molar-refractivity contribution in [3.05, 3.63) is 46.3 Å². The predicted octanol–water partition coefficient (Wildman–Crippen LogP) is 2.83. The van der Waals surface area contributed by atoms with Crippen LogP contribution in [0, 0.1) is 0 Å². The number of hydrogen-bond acceptors (Lipinski definition) is 4. The number of azide groups is 1. The molecular formula is C10H10N4O3. The van der Waals surface area contributed by atoms with Gasteiger partial charge in [-0.25, -0.2) is 4.79 Å². The standard InChI is InChI=1S/C10H10N4O3/c1-2-16-10(15)17-13-9(12-14-11)8-6-4-3-5-7-8/h3-7H,2H2,1H3/b13-9-. The fourth-order valence-electron chi connectivity index (χ4n) is 0.983. The molecule has 0 bridgehead atoms. The lowest BCUT2D eigenvalue weighted by Gasteiger charge is -2.00. The zero-order valence-electron chi connectivity index (χ0n) is 9.11. The number of carbonyl (C=O) groups excluding carboxylic acids is 1. The molecule has 1 aromatic carbocycles. The largest absolute Gasteiger partial charge is 0.535 e. The molecule has 0 aromatic heterocycles. The fraction of sp³-hybridized carbons (Fsp3) is 0.200. The van der Waals surface area contributed by atoms with Crippen molar-refractivity contribution in [2.24, 2.45) is 10.3 Å². The van der Waals surface area contributed by atoms with E-state index in [0.29, 0.717) is 5.56 Å². The van der Waals surface area contributed by atoms with Gasteiger partial charge in [0, 0.05) is 10.5 Å². The van der Waals surface area contributed by atoms with E-state index in [4.69, 9.17) is 5.53 Å². The van der Waals surface area contributed by atoms with Gasteiger partial charge in [-0.05, 0) is 17.6 Å². The first kappa shape index (κ1) is 12.5. The highest BCUT2D eigenvalue weighted by Crippen LogP contribution is 2.03. The molecule has 0 aliphatic heterocycles. The molecule has 88 valence electrons. The first-order valence-corrected chi connectivity index (χ1v) is 4.80. The summed E-state index contributed by atoms with van der Waals surface area (Å²) in [5.41, 5.74) is 8.91. The van der Waals surface area contributed by atoms with Gasteiger partial charge in [0.15, 0.2) is 5.84 Å². The van der Waals surface area contributed by atoms with Crippen LogP contribution in [-0.2, 0) is 9.57 Å². The van der Waals surface area contributed by atoms with E-state index in [2.05, 4.69) is 24.8 Å². The molecule has 0 saturated carbocycles. The number of carbonyl (C=O) groups is 1. The number of benzene rings is 1. The van der Waals surface area contributed by atoms with Crippen molar-refractivity contribution in [3.63, 3.8) is 0 Å². The number of amidine groups is 1. The Morgan fingerprint density at radius 3 is 2.71 bits per heavy atom. The maximum atomic E-state index is 10.9. The normalized spacial score (nSPS) is 10.3. The Morgan fingerprint density at radius 1 is 1.41 bits per heavy atom. The summed E-state index contributed by atoms with van der Waals surface area (Å²) in [6, 6.07) is 8.61. The van der Waals surface area contributed by atoms with Crippen LogP contribution in [0.15, 0.2) is 40.6 Å². The lowest BCUT2D eigenvalue weighted by molar-refractivity contribution is 0.0613. The van der Waals surface area contributed by atoms with Crippen LogP contribution in [0.5, 0.6) is 0 Å². The first-order chi connectivity index (χ1) is 8.27. The molecule has 0 aliphatic rings. The number of nitrogens with zero attached hydrogens (tertiary/aromatic N) is 4. The molecule has 1 aromatic rings. The van der Waals surface area contributed by atoms with Crippen LogP contribution in [0.25, 0.3) is 10.4 Å². The highest BCUT2D eigenvalue weighted by atomic mass is 16.8. The molecular weight excluding hydrogens is 224 g/mol. The summed E-state index contributed by atoms with van der Waals surface area (Å²) < 4.78 is 4.50. The smallest absolute Gasteiger partial charge is 0.433 e. The van der Waals surface area contributed by atoms with Gasteiger partial charge >= 0.3 is 6.16 Å². The summed E-state index contributed by atoms with van der Waals surface area (Å²) >= 11 is 0. The minimum absolute atomic E-state index is 0.0406. The van der Waals surface area contributed by atoms with Gasteiger partial charge in [-0.3, -0.25) is 4.84 Å². The Bertz CT molecular complexity index is 452. The van der Waals surface area contributed by atoms with Crippen LogP contribution in [-0.4, -0.2) is 18.6 Å². The fourth-order valence-corrected chi connectivity index (χ4v) is 0.983. The number of hydrogen-bond donors (Lipinski definition) is 0. The Balaban J connectivity index is 2.83. The maximum absolute atomic E-state index is 10.9. The minimum atomic E-state index is -0.950. The molecule has 0 atom stereocenters. The van der Waals surface area contributed by atoms with E-state index in [9.17, 15) is 4.79 Å². The van der Waals surface area contributed by atoms with E-state index in [1.807, 2.05) is 0 Å². The van der Waals surface area contributed by atoms with Crippen molar-refractivity contribution in [1.29, 1.82) is 0 Å². The quantitative estimate of drug-likeness (QED) is 0.117. The molecule has 0 N–H and O–H groups in total. The average molecular weight is 234 g/mol. The van der Waals surface area contributed by atoms with Gasteiger partial charge in [0.1, 0.15) is 0 Å². The van der Waals surface area contributed by atoms with Gasteiger partial charge in [-0.15, -0.1) is 0 Å². The molecule has 17 heavy (non-hydrogen) atoms. The Hall–Kier alpha value is -2.53. The monoisotopic (exact) mass is 234 g/mol. The second kappa shape index (κ2) is 6.86. The van der Waals surface area contributed by atoms with E-state index < -0.39 is 6.16 Å². The van der Waals surface area contributed by atoms with Crippen molar-refractivity contribution in [2.75, 3.05) is 6.61 Å². The zero-order valence-corrected chi connectivity index (χ0v) is 9.11. The molecule has 0 spiro atoms. The second-order valence-corrected chi connectivity index (χ2v) is 2.74. The molecule has 0 heterocycles. The number of rotatable bonds is 3. The Labute approximate surface area is 97.3 Å². The molecule has 7 heteroatoms. The topological polar surface area (TPSA) is 96.6 Å². The van der Waals surface area contributed by atoms with E-state index >= 15 is 0 Å². The van der Waals surface area contributed by atoms with Crippen LogP contribution < -0.4 is 0 Å². The van der Waals surface area contributed by atoms with Gasteiger partial charge in [-0.1, -0.05) is 35.5 Å². The summed E-state index contributed by atoms with van der Waals surface area (Å²) in [6.07, 6.45) is -0.950. The molecule has 0 saturated heterocycles. The van der Waals surface area contributed by atoms with Crippen molar-refractivity contribution in [1.82, 2.24) is 0 Å².